The lowest BCUT2D eigenvalue weighted by molar-refractivity contribution is -0.243. The van der Waals surface area contributed by atoms with Crippen molar-refractivity contribution in [3.63, 3.8) is 0 Å². The first-order valence-corrected chi connectivity index (χ1v) is 18.2. The molecule has 0 aromatic rings. The van der Waals surface area contributed by atoms with Gasteiger partial charge in [-0.15, -0.1) is 0 Å². The Balaban J connectivity index is 1.31. The van der Waals surface area contributed by atoms with Gasteiger partial charge in [-0.2, -0.15) is 0 Å². The molecule has 266 valence electrons. The largest absolute Gasteiger partial charge is 0.460 e. The summed E-state index contributed by atoms with van der Waals surface area (Å²) >= 11 is 0. The first-order valence-electron chi connectivity index (χ1n) is 18.2. The highest BCUT2D eigenvalue weighted by atomic mass is 16.7. The average Bonchev–Trinajstić information content (AvgIpc) is 3.37. The van der Waals surface area contributed by atoms with Gasteiger partial charge >= 0.3 is 5.97 Å². The molecule has 0 bridgehead atoms. The van der Waals surface area contributed by atoms with Gasteiger partial charge in [-0.1, -0.05) is 34.6 Å². The summed E-state index contributed by atoms with van der Waals surface area (Å²) in [6, 6.07) is 0. The van der Waals surface area contributed by atoms with Crippen molar-refractivity contribution in [2.45, 2.75) is 149 Å². The summed E-state index contributed by atoms with van der Waals surface area (Å²) in [5.74, 6) is 2.24. The monoisotopic (exact) mass is 652 g/mol. The molecule has 0 radical (unpaired) electrons. The van der Waals surface area contributed by atoms with Crippen LogP contribution < -0.4 is 0 Å². The van der Waals surface area contributed by atoms with Gasteiger partial charge in [-0.3, -0.25) is 4.79 Å². The van der Waals surface area contributed by atoms with E-state index < -0.39 is 30.7 Å². The maximum Gasteiger partial charge on any atom is 0.303 e. The predicted octanol–water partition coefficient (Wildman–Crippen LogP) is 4.44. The van der Waals surface area contributed by atoms with E-state index in [0.29, 0.717) is 35.5 Å². The molecule has 9 heteroatoms. The van der Waals surface area contributed by atoms with Crippen LogP contribution in [-0.2, 0) is 19.0 Å². The van der Waals surface area contributed by atoms with E-state index in [1.165, 1.54) is 13.3 Å². The minimum atomic E-state index is -1.12. The number of carbonyl (C=O) groups excluding carboxylic acids is 1. The number of carbonyl (C=O) groups is 1. The van der Waals surface area contributed by atoms with E-state index in [1.54, 1.807) is 13.8 Å². The number of hydrogen-bond donors (Lipinski definition) is 5. The van der Waals surface area contributed by atoms with Crippen molar-refractivity contribution in [2.24, 2.45) is 57.2 Å². The van der Waals surface area contributed by atoms with E-state index >= 15 is 0 Å². The van der Waals surface area contributed by atoms with Crippen molar-refractivity contribution in [2.75, 3.05) is 19.8 Å². The first-order chi connectivity index (χ1) is 21.4. The van der Waals surface area contributed by atoms with Crippen LogP contribution in [0.1, 0.15) is 113 Å². The van der Waals surface area contributed by atoms with E-state index in [1.807, 2.05) is 0 Å². The van der Waals surface area contributed by atoms with Crippen LogP contribution in [0.2, 0.25) is 0 Å². The van der Waals surface area contributed by atoms with Crippen molar-refractivity contribution >= 4 is 5.97 Å². The highest BCUT2D eigenvalue weighted by Crippen LogP contribution is 2.89. The van der Waals surface area contributed by atoms with Gasteiger partial charge in [-0.25, -0.2) is 0 Å². The van der Waals surface area contributed by atoms with Gasteiger partial charge in [0.15, 0.2) is 6.29 Å². The Morgan fingerprint density at radius 2 is 1.67 bits per heavy atom. The van der Waals surface area contributed by atoms with Gasteiger partial charge in [-0.05, 0) is 129 Å². The van der Waals surface area contributed by atoms with Crippen LogP contribution in [-0.4, -0.2) is 87.6 Å². The molecule has 46 heavy (non-hydrogen) atoms. The van der Waals surface area contributed by atoms with E-state index in [-0.39, 0.29) is 59.5 Å². The summed E-state index contributed by atoms with van der Waals surface area (Å²) in [6.45, 7) is 15.9. The van der Waals surface area contributed by atoms with E-state index in [0.717, 1.165) is 44.9 Å². The molecule has 5 saturated carbocycles. The number of esters is 1. The summed E-state index contributed by atoms with van der Waals surface area (Å²) in [4.78, 5) is 11.8. The Morgan fingerprint density at radius 1 is 0.978 bits per heavy atom. The van der Waals surface area contributed by atoms with Gasteiger partial charge in [0.1, 0.15) is 12.2 Å². The second kappa shape index (κ2) is 12.8. The molecule has 5 aliphatic carbocycles. The fraction of sp³-hybridized carbons (Fsp3) is 0.973. The topological polar surface area (TPSA) is 146 Å². The number of aliphatic hydroxyl groups excluding tert-OH is 4. The Hall–Kier alpha value is -0.810. The molecular weight excluding hydrogens is 588 g/mol. The van der Waals surface area contributed by atoms with Crippen LogP contribution in [0.3, 0.4) is 0 Å². The number of aliphatic hydroxyl groups is 5. The molecule has 2 spiro atoms. The standard InChI is InChI=1S/C37H64O9/c1-21(9-12-30(34(6,7)43)45-23(3)40)32-27(42)17-26-25-10-11-28-33(4,5)29(46-31(19-39)44-20-24(41)18-38)13-14-37(28)22(2)36(25,37)16-15-35(26,32)8/h21-22,24-32,38-39,41-43H,9-20H2,1-8H3/t21?,22-,24-,25-,26?,27+,28?,29-,30-,31-,32?,35-,36-,37?/m0/s1. The molecule has 5 rings (SSSR count). The minimum Gasteiger partial charge on any atom is -0.460 e. The fourth-order valence-electron chi connectivity index (χ4n) is 12.9. The third kappa shape index (κ3) is 5.69. The molecule has 5 unspecified atom stereocenters. The molecule has 14 atom stereocenters. The lowest BCUT2D eigenvalue weighted by atomic mass is 9.46. The molecule has 5 N–H and O–H groups in total. The normalized spacial score (nSPS) is 43.7. The Kier molecular flexibility index (Phi) is 10.2. The smallest absolute Gasteiger partial charge is 0.303 e. The van der Waals surface area contributed by atoms with Gasteiger partial charge in [0, 0.05) is 6.92 Å². The van der Waals surface area contributed by atoms with Crippen LogP contribution in [0.4, 0.5) is 0 Å². The van der Waals surface area contributed by atoms with Crippen LogP contribution in [0.25, 0.3) is 0 Å². The number of rotatable bonds is 13. The minimum absolute atomic E-state index is 0.0530. The Labute approximate surface area is 276 Å². The van der Waals surface area contributed by atoms with Crippen LogP contribution in [0.15, 0.2) is 0 Å². The zero-order chi connectivity index (χ0) is 34.0. The molecule has 9 nitrogen and oxygen atoms in total. The zero-order valence-corrected chi connectivity index (χ0v) is 29.7. The molecule has 5 aliphatic rings. The number of fused-ring (bicyclic) bond motifs is 2. The molecule has 5 fully saturated rings. The molecule has 0 aliphatic heterocycles. The summed E-state index contributed by atoms with van der Waals surface area (Å²) in [6.07, 6.45) is 6.02. The maximum atomic E-state index is 11.8. The van der Waals surface area contributed by atoms with Crippen LogP contribution >= 0.6 is 0 Å². The average molecular weight is 653 g/mol. The summed E-state index contributed by atoms with van der Waals surface area (Å²) in [5.41, 5.74) is -0.622. The lowest BCUT2D eigenvalue weighted by Gasteiger charge is -2.60. The van der Waals surface area contributed by atoms with Crippen LogP contribution in [0, 0.1) is 57.2 Å². The highest BCUT2D eigenvalue weighted by Gasteiger charge is 2.84. The third-order valence-electron chi connectivity index (χ3n) is 14.8. The lowest BCUT2D eigenvalue weighted by Crippen LogP contribution is -2.55. The fourth-order valence-corrected chi connectivity index (χ4v) is 12.9. The van der Waals surface area contributed by atoms with Crippen molar-refractivity contribution in [1.29, 1.82) is 0 Å². The molecule has 0 saturated heterocycles. The predicted molar refractivity (Wildman–Crippen MR) is 173 cm³/mol. The first kappa shape index (κ1) is 36.5. The number of ether oxygens (including phenoxy) is 3. The van der Waals surface area contributed by atoms with Gasteiger partial charge in [0.25, 0.3) is 0 Å². The second-order valence-corrected chi connectivity index (χ2v) is 17.6. The highest BCUT2D eigenvalue weighted by molar-refractivity contribution is 5.66. The Morgan fingerprint density at radius 3 is 2.28 bits per heavy atom. The SMILES string of the molecule is CC(=O)O[C@@H](CCC(C)C1[C@H](O)CC2[C@@H]3CCC4C(C)(C)[C@@H](O[C@@H](CO)OC[C@@H](O)CO)CCC45[C@@H](C)[C@@]35CC[C@]12C)C(C)(C)O. The maximum absolute atomic E-state index is 11.8. The van der Waals surface area contributed by atoms with E-state index in [2.05, 4.69) is 34.6 Å². The van der Waals surface area contributed by atoms with E-state index in [9.17, 15) is 25.2 Å². The molecule has 0 aromatic carbocycles. The Bertz CT molecular complexity index is 1090. The quantitative estimate of drug-likeness (QED) is 0.144. The molecule has 0 aromatic heterocycles. The van der Waals surface area contributed by atoms with Crippen LogP contribution in [0.5, 0.6) is 0 Å². The summed E-state index contributed by atoms with van der Waals surface area (Å²) in [7, 11) is 0. The zero-order valence-electron chi connectivity index (χ0n) is 29.7. The molecule has 0 amide bonds. The van der Waals surface area contributed by atoms with Gasteiger partial charge in [0.2, 0.25) is 0 Å². The van der Waals surface area contributed by atoms with Gasteiger partial charge in [0.05, 0.1) is 37.6 Å². The summed E-state index contributed by atoms with van der Waals surface area (Å²) in [5, 5.41) is 51.3. The van der Waals surface area contributed by atoms with Crippen molar-refractivity contribution < 1.29 is 44.5 Å². The van der Waals surface area contributed by atoms with Crippen molar-refractivity contribution in [1.82, 2.24) is 0 Å². The van der Waals surface area contributed by atoms with Crippen molar-refractivity contribution in [3.05, 3.63) is 0 Å². The molecular formula is C37H64O9. The summed E-state index contributed by atoms with van der Waals surface area (Å²) < 4.78 is 17.6. The molecule has 0 heterocycles. The third-order valence-corrected chi connectivity index (χ3v) is 14.8. The number of hydrogen-bond acceptors (Lipinski definition) is 9. The van der Waals surface area contributed by atoms with Crippen molar-refractivity contribution in [3.8, 4) is 0 Å². The van der Waals surface area contributed by atoms with Gasteiger partial charge < -0.3 is 39.7 Å². The second-order valence-electron chi connectivity index (χ2n) is 17.6. The van der Waals surface area contributed by atoms with E-state index in [4.69, 9.17) is 19.3 Å².